The highest BCUT2D eigenvalue weighted by atomic mass is 35.5. The van der Waals surface area contributed by atoms with Crippen LogP contribution in [-0.4, -0.2) is 54.2 Å². The number of hydrogen-bond donors (Lipinski definition) is 2. The van der Waals surface area contributed by atoms with Gasteiger partial charge >= 0.3 is 5.76 Å². The van der Waals surface area contributed by atoms with Gasteiger partial charge in [0.1, 0.15) is 0 Å². The first-order valence-electron chi connectivity index (χ1n) is 10.1. The molecule has 1 aromatic heterocycles. The molecule has 1 saturated heterocycles. The van der Waals surface area contributed by atoms with Crippen molar-refractivity contribution in [1.82, 2.24) is 20.4 Å². The normalized spacial score (nSPS) is 18.3. The van der Waals surface area contributed by atoms with Gasteiger partial charge in [0.25, 0.3) is 5.91 Å². The summed E-state index contributed by atoms with van der Waals surface area (Å²) in [4.78, 5) is 28.5. The first-order valence-corrected chi connectivity index (χ1v) is 10.9. The molecular formula is C22H23Cl3N4O4. The number of benzene rings is 2. The Morgan fingerprint density at radius 3 is 2.76 bits per heavy atom. The molecule has 0 saturated carbocycles. The van der Waals surface area contributed by atoms with Crippen molar-refractivity contribution >= 4 is 41.5 Å². The van der Waals surface area contributed by atoms with Gasteiger partial charge in [-0.2, -0.15) is 0 Å². The maximum absolute atomic E-state index is 13.1. The number of nitrogens with one attached hydrogen (secondary N) is 2. The monoisotopic (exact) mass is 512 g/mol. The van der Waals surface area contributed by atoms with Crippen LogP contribution in [0, 0.1) is 5.92 Å². The van der Waals surface area contributed by atoms with E-state index in [0.29, 0.717) is 40.9 Å². The quantitative estimate of drug-likeness (QED) is 0.538. The van der Waals surface area contributed by atoms with E-state index in [2.05, 4.69) is 20.0 Å². The Kier molecular flexibility index (Phi) is 8.56. The highest BCUT2D eigenvalue weighted by molar-refractivity contribution is 6.42. The third-order valence-corrected chi connectivity index (χ3v) is 6.10. The fourth-order valence-electron chi connectivity index (χ4n) is 3.82. The van der Waals surface area contributed by atoms with Crippen LogP contribution >= 0.6 is 35.6 Å². The van der Waals surface area contributed by atoms with Gasteiger partial charge in [-0.3, -0.25) is 14.3 Å². The van der Waals surface area contributed by atoms with Crippen LogP contribution in [0.3, 0.4) is 0 Å². The molecule has 1 fully saturated rings. The van der Waals surface area contributed by atoms with E-state index in [9.17, 15) is 9.59 Å². The van der Waals surface area contributed by atoms with E-state index in [4.69, 9.17) is 27.9 Å². The maximum atomic E-state index is 13.1. The van der Waals surface area contributed by atoms with Crippen molar-refractivity contribution in [2.45, 2.75) is 6.10 Å². The lowest BCUT2D eigenvalue weighted by atomic mass is 9.94. The summed E-state index contributed by atoms with van der Waals surface area (Å²) in [5.74, 6) is -0.537. The summed E-state index contributed by atoms with van der Waals surface area (Å²) in [6.45, 7) is 2.42. The molecule has 0 bridgehead atoms. The molecule has 3 aromatic rings. The smallest absolute Gasteiger partial charge is 0.372 e. The van der Waals surface area contributed by atoms with Crippen molar-refractivity contribution in [3.63, 3.8) is 0 Å². The van der Waals surface area contributed by atoms with Crippen LogP contribution in [0.15, 0.2) is 51.8 Å². The van der Waals surface area contributed by atoms with Crippen molar-refractivity contribution in [3.8, 4) is 11.4 Å². The second-order valence-electron chi connectivity index (χ2n) is 7.64. The topological polar surface area (TPSA) is 100 Å². The van der Waals surface area contributed by atoms with Gasteiger partial charge in [0.05, 0.1) is 22.8 Å². The van der Waals surface area contributed by atoms with Crippen LogP contribution in [-0.2, 0) is 4.74 Å². The van der Waals surface area contributed by atoms with E-state index < -0.39 is 5.76 Å². The minimum absolute atomic E-state index is 0. The second kappa shape index (κ2) is 11.2. The van der Waals surface area contributed by atoms with E-state index in [1.807, 2.05) is 12.1 Å². The summed E-state index contributed by atoms with van der Waals surface area (Å²) >= 11 is 12.3. The summed E-state index contributed by atoms with van der Waals surface area (Å²) in [5, 5.41) is 8.00. The van der Waals surface area contributed by atoms with E-state index in [1.165, 1.54) is 0 Å². The lowest BCUT2D eigenvalue weighted by molar-refractivity contribution is 0.0205. The molecule has 0 aliphatic carbocycles. The standard InChI is InChI=1S/C22H22Cl2N4O4.ClH/c1-28(21(29)15-4-2-3-14(9-15)20-26-22(30)32-27-20)12-16-11-25-7-8-31-19(16)13-5-6-17(23)18(24)10-13;/h2-6,9-10,16,19,25H,7-8,11-12H2,1H3,(H,26,27,30);1H/t16-,19-;/m0./s1. The number of nitrogens with zero attached hydrogens (tertiary/aromatic N) is 2. The number of aromatic amines is 1. The molecule has 4 rings (SSSR count). The van der Waals surface area contributed by atoms with Gasteiger partial charge in [0, 0.05) is 43.7 Å². The first-order chi connectivity index (χ1) is 15.4. The fraction of sp³-hybridized carbons (Fsp3) is 0.318. The van der Waals surface area contributed by atoms with Crippen molar-refractivity contribution in [2.75, 3.05) is 33.3 Å². The van der Waals surface area contributed by atoms with Gasteiger partial charge in [-0.25, -0.2) is 4.79 Å². The third-order valence-electron chi connectivity index (χ3n) is 5.36. The molecule has 0 unspecified atom stereocenters. The van der Waals surface area contributed by atoms with Gasteiger partial charge < -0.3 is 15.0 Å². The predicted molar refractivity (Wildman–Crippen MR) is 128 cm³/mol. The van der Waals surface area contributed by atoms with E-state index >= 15 is 0 Å². The number of halogens is 3. The molecule has 1 aliphatic heterocycles. The largest absolute Gasteiger partial charge is 0.439 e. The average Bonchev–Trinajstić information content (AvgIpc) is 3.10. The highest BCUT2D eigenvalue weighted by Gasteiger charge is 2.29. The van der Waals surface area contributed by atoms with Crippen LogP contribution < -0.4 is 11.1 Å². The summed E-state index contributed by atoms with van der Waals surface area (Å²) in [6, 6.07) is 12.3. The average molecular weight is 514 g/mol. The van der Waals surface area contributed by atoms with Gasteiger partial charge in [-0.05, 0) is 29.8 Å². The summed E-state index contributed by atoms with van der Waals surface area (Å²) in [5.41, 5.74) is 1.98. The molecule has 2 aromatic carbocycles. The zero-order valence-electron chi connectivity index (χ0n) is 17.7. The van der Waals surface area contributed by atoms with Crippen molar-refractivity contribution < 1.29 is 14.1 Å². The Balaban J connectivity index is 0.00000306. The maximum Gasteiger partial charge on any atom is 0.439 e. The molecule has 2 atom stereocenters. The summed E-state index contributed by atoms with van der Waals surface area (Å²) in [7, 11) is 1.75. The number of ether oxygens (including phenoxy) is 1. The summed E-state index contributed by atoms with van der Waals surface area (Å²) in [6.07, 6.45) is -0.235. The molecule has 176 valence electrons. The molecule has 33 heavy (non-hydrogen) atoms. The third kappa shape index (κ3) is 5.96. The van der Waals surface area contributed by atoms with Crippen molar-refractivity contribution in [3.05, 3.63) is 74.2 Å². The van der Waals surface area contributed by atoms with Crippen LogP contribution in [0.25, 0.3) is 11.4 Å². The number of amides is 1. The molecular weight excluding hydrogens is 491 g/mol. The number of rotatable bonds is 5. The second-order valence-corrected chi connectivity index (χ2v) is 8.45. The van der Waals surface area contributed by atoms with Gasteiger partial charge in [0.15, 0.2) is 5.82 Å². The Labute approximate surface area is 206 Å². The summed E-state index contributed by atoms with van der Waals surface area (Å²) < 4.78 is 10.7. The Bertz CT molecular complexity index is 1170. The lowest BCUT2D eigenvalue weighted by Gasteiger charge is -2.29. The van der Waals surface area contributed by atoms with Crippen LogP contribution in [0.4, 0.5) is 0 Å². The molecule has 1 aliphatic rings. The number of aromatic nitrogens is 2. The van der Waals surface area contributed by atoms with Gasteiger partial charge in [-0.1, -0.05) is 46.6 Å². The molecule has 11 heteroatoms. The minimum Gasteiger partial charge on any atom is -0.372 e. The first kappa shape index (κ1) is 25.3. The number of carbonyl (C=O) groups excluding carboxylic acids is 1. The molecule has 2 N–H and O–H groups in total. The fourth-order valence-corrected chi connectivity index (χ4v) is 4.12. The van der Waals surface area contributed by atoms with E-state index in [0.717, 1.165) is 12.1 Å². The zero-order valence-corrected chi connectivity index (χ0v) is 20.0. The van der Waals surface area contributed by atoms with Crippen LogP contribution in [0.1, 0.15) is 22.0 Å². The minimum atomic E-state index is -0.650. The van der Waals surface area contributed by atoms with Gasteiger partial charge in [0.2, 0.25) is 0 Å². The Hall–Kier alpha value is -2.36. The van der Waals surface area contributed by atoms with Crippen LogP contribution in [0.2, 0.25) is 10.0 Å². The van der Waals surface area contributed by atoms with Gasteiger partial charge in [-0.15, -0.1) is 12.4 Å². The SMILES string of the molecule is CN(C[C@@H]1CNCCO[C@H]1c1ccc(Cl)c(Cl)c1)C(=O)c1cccc(-c2noc(=O)[nH]2)c1.Cl. The molecule has 1 amide bonds. The predicted octanol–water partition coefficient (Wildman–Crippen LogP) is 3.81. The molecule has 0 radical (unpaired) electrons. The number of H-pyrrole nitrogens is 1. The lowest BCUT2D eigenvalue weighted by Crippen LogP contribution is -2.38. The van der Waals surface area contributed by atoms with Crippen LogP contribution in [0.5, 0.6) is 0 Å². The number of hydrogen-bond acceptors (Lipinski definition) is 6. The molecule has 2 heterocycles. The molecule has 8 nitrogen and oxygen atoms in total. The Morgan fingerprint density at radius 1 is 1.21 bits per heavy atom. The van der Waals surface area contributed by atoms with Crippen molar-refractivity contribution in [2.24, 2.45) is 5.92 Å². The highest BCUT2D eigenvalue weighted by Crippen LogP contribution is 2.32. The van der Waals surface area contributed by atoms with Crippen molar-refractivity contribution in [1.29, 1.82) is 0 Å². The Morgan fingerprint density at radius 2 is 2.03 bits per heavy atom. The van der Waals surface area contributed by atoms with E-state index in [-0.39, 0.29) is 36.2 Å². The zero-order chi connectivity index (χ0) is 22.7. The molecule has 0 spiro atoms. The number of carbonyl (C=O) groups is 1. The van der Waals surface area contributed by atoms with E-state index in [1.54, 1.807) is 42.3 Å².